The Kier molecular flexibility index (Phi) is 6.59. The molecule has 0 saturated carbocycles. The molecule has 194 valence electrons. The van der Waals surface area contributed by atoms with Crippen molar-refractivity contribution in [1.82, 2.24) is 24.8 Å². The molecule has 1 unspecified atom stereocenters. The minimum absolute atomic E-state index is 0.0453. The number of aromatic amines is 2. The Hall–Kier alpha value is -3.56. The van der Waals surface area contributed by atoms with E-state index in [4.69, 9.17) is 17.3 Å². The molecule has 2 amide bonds. The third-order valence-electron chi connectivity index (χ3n) is 7.11. The van der Waals surface area contributed by atoms with Crippen LogP contribution in [0.4, 0.5) is 0 Å². The van der Waals surface area contributed by atoms with E-state index in [1.165, 1.54) is 0 Å². The summed E-state index contributed by atoms with van der Waals surface area (Å²) in [6, 6.07) is 12.4. The van der Waals surface area contributed by atoms with Crippen molar-refractivity contribution in [2.24, 2.45) is 5.73 Å². The van der Waals surface area contributed by atoms with Gasteiger partial charge in [-0.25, -0.2) is 4.79 Å². The smallest absolute Gasteiger partial charge is 0.326 e. The number of hydrogen-bond donors (Lipinski definition) is 4. The van der Waals surface area contributed by atoms with Crippen LogP contribution < -0.4 is 16.7 Å². The van der Waals surface area contributed by atoms with Crippen LogP contribution in [0.2, 0.25) is 5.02 Å². The van der Waals surface area contributed by atoms with Crippen molar-refractivity contribution in [1.29, 1.82) is 0 Å². The van der Waals surface area contributed by atoms with Gasteiger partial charge in [-0.15, -0.1) is 0 Å². The molecule has 5 rings (SSSR count). The van der Waals surface area contributed by atoms with Gasteiger partial charge >= 0.3 is 5.69 Å². The summed E-state index contributed by atoms with van der Waals surface area (Å²) in [6.45, 7) is 4.19. The van der Waals surface area contributed by atoms with E-state index in [0.717, 1.165) is 22.0 Å². The van der Waals surface area contributed by atoms with E-state index in [1.807, 2.05) is 36.5 Å². The number of benzene rings is 2. The van der Waals surface area contributed by atoms with Gasteiger partial charge in [-0.2, -0.15) is 0 Å². The molecule has 1 aliphatic heterocycles. The fraction of sp³-hybridized carbons (Fsp3) is 0.370. The van der Waals surface area contributed by atoms with Crippen molar-refractivity contribution in [3.8, 4) is 0 Å². The van der Waals surface area contributed by atoms with E-state index >= 15 is 0 Å². The molecule has 0 spiro atoms. The van der Waals surface area contributed by atoms with Crippen LogP contribution in [-0.2, 0) is 16.0 Å². The summed E-state index contributed by atoms with van der Waals surface area (Å²) in [5, 5.41) is 4.47. The number of amides is 2. The number of halogens is 1. The van der Waals surface area contributed by atoms with Crippen LogP contribution in [0, 0.1) is 0 Å². The fourth-order valence-electron chi connectivity index (χ4n) is 5.10. The van der Waals surface area contributed by atoms with E-state index in [9.17, 15) is 14.4 Å². The summed E-state index contributed by atoms with van der Waals surface area (Å²) in [5.41, 5.74) is 8.14. The lowest BCUT2D eigenvalue weighted by atomic mass is 9.99. The van der Waals surface area contributed by atoms with E-state index in [-0.39, 0.29) is 23.5 Å². The number of nitrogens with two attached hydrogens (primary N) is 1. The third-order valence-corrected chi connectivity index (χ3v) is 7.34. The maximum atomic E-state index is 13.7. The molecule has 37 heavy (non-hydrogen) atoms. The van der Waals surface area contributed by atoms with Gasteiger partial charge in [-0.3, -0.25) is 14.2 Å². The van der Waals surface area contributed by atoms with Gasteiger partial charge in [-0.05, 0) is 56.5 Å². The normalized spacial score (nSPS) is 15.8. The summed E-state index contributed by atoms with van der Waals surface area (Å²) in [6.07, 6.45) is 3.47. The van der Waals surface area contributed by atoms with Crippen LogP contribution >= 0.6 is 11.6 Å². The summed E-state index contributed by atoms with van der Waals surface area (Å²) in [7, 11) is 0. The molecule has 0 aliphatic carbocycles. The molecule has 1 atom stereocenters. The number of imidazole rings is 1. The van der Waals surface area contributed by atoms with Crippen molar-refractivity contribution in [2.45, 2.75) is 50.7 Å². The number of rotatable bonds is 6. The van der Waals surface area contributed by atoms with E-state index in [1.54, 1.807) is 35.4 Å². The second-order valence-corrected chi connectivity index (χ2v) is 10.8. The first-order valence-electron chi connectivity index (χ1n) is 12.4. The van der Waals surface area contributed by atoms with Crippen LogP contribution in [0.5, 0.6) is 0 Å². The lowest BCUT2D eigenvalue weighted by Crippen LogP contribution is -2.57. The number of likely N-dealkylation sites (tertiary alicyclic amines) is 1. The highest BCUT2D eigenvalue weighted by Gasteiger charge is 2.33. The van der Waals surface area contributed by atoms with Gasteiger partial charge in [0.25, 0.3) is 0 Å². The number of aromatic nitrogens is 3. The van der Waals surface area contributed by atoms with Crippen molar-refractivity contribution in [3.63, 3.8) is 0 Å². The largest absolute Gasteiger partial charge is 0.361 e. The molecule has 3 heterocycles. The zero-order chi connectivity index (χ0) is 26.3. The number of fused-ring (bicyclic) bond motifs is 2. The topological polar surface area (TPSA) is 129 Å². The highest BCUT2D eigenvalue weighted by Crippen LogP contribution is 2.27. The van der Waals surface area contributed by atoms with Crippen molar-refractivity contribution in [2.75, 3.05) is 13.1 Å². The zero-order valence-corrected chi connectivity index (χ0v) is 21.6. The predicted molar refractivity (Wildman–Crippen MR) is 145 cm³/mol. The number of nitrogens with zero attached hydrogens (tertiary/aromatic N) is 2. The summed E-state index contributed by atoms with van der Waals surface area (Å²) in [4.78, 5) is 47.1. The molecule has 4 aromatic rings. The van der Waals surface area contributed by atoms with Gasteiger partial charge in [0.1, 0.15) is 6.04 Å². The van der Waals surface area contributed by atoms with E-state index < -0.39 is 11.6 Å². The van der Waals surface area contributed by atoms with Crippen molar-refractivity contribution in [3.05, 3.63) is 69.7 Å². The monoisotopic (exact) mass is 522 g/mol. The molecule has 0 radical (unpaired) electrons. The highest BCUT2D eigenvalue weighted by molar-refractivity contribution is 6.31. The predicted octanol–water partition coefficient (Wildman–Crippen LogP) is 3.09. The molecule has 1 saturated heterocycles. The number of para-hydroxylation sites is 1. The van der Waals surface area contributed by atoms with Gasteiger partial charge in [0.15, 0.2) is 0 Å². The number of hydrogen-bond acceptors (Lipinski definition) is 4. The minimum Gasteiger partial charge on any atom is -0.361 e. The first-order valence-corrected chi connectivity index (χ1v) is 12.8. The first-order chi connectivity index (χ1) is 17.6. The Labute approximate surface area is 219 Å². The molecular formula is C27H31ClN6O3. The minimum atomic E-state index is -1.12. The number of nitrogens with one attached hydrogen (secondary N) is 3. The maximum absolute atomic E-state index is 13.7. The van der Waals surface area contributed by atoms with Gasteiger partial charge in [0.2, 0.25) is 11.8 Å². The van der Waals surface area contributed by atoms with E-state index in [2.05, 4.69) is 15.3 Å². The van der Waals surface area contributed by atoms with Crippen molar-refractivity contribution >= 4 is 45.4 Å². The Morgan fingerprint density at radius 3 is 2.62 bits per heavy atom. The van der Waals surface area contributed by atoms with Crippen LogP contribution in [0.25, 0.3) is 21.9 Å². The van der Waals surface area contributed by atoms with Crippen LogP contribution in [0.1, 0.15) is 38.3 Å². The Bertz CT molecular complexity index is 1520. The fourth-order valence-corrected chi connectivity index (χ4v) is 5.27. The van der Waals surface area contributed by atoms with Crippen molar-refractivity contribution < 1.29 is 9.59 Å². The molecule has 5 N–H and O–H groups in total. The summed E-state index contributed by atoms with van der Waals surface area (Å²) in [5.74, 6) is -0.538. The second-order valence-electron chi connectivity index (χ2n) is 10.3. The van der Waals surface area contributed by atoms with Gasteiger partial charge in [0, 0.05) is 47.7 Å². The summed E-state index contributed by atoms with van der Waals surface area (Å²) < 4.78 is 1.76. The quantitative estimate of drug-likeness (QED) is 0.310. The average molecular weight is 523 g/mol. The average Bonchev–Trinajstić information content (AvgIpc) is 3.42. The highest BCUT2D eigenvalue weighted by atomic mass is 35.5. The Morgan fingerprint density at radius 1 is 1.16 bits per heavy atom. The molecule has 1 fully saturated rings. The maximum Gasteiger partial charge on any atom is 0.326 e. The lowest BCUT2D eigenvalue weighted by molar-refractivity contribution is -0.138. The Morgan fingerprint density at radius 2 is 1.89 bits per heavy atom. The van der Waals surface area contributed by atoms with Crippen LogP contribution in [0.15, 0.2) is 53.5 Å². The molecule has 2 aromatic heterocycles. The number of carbonyl (C=O) groups is 2. The number of piperidine rings is 1. The van der Waals surface area contributed by atoms with Crippen LogP contribution in [-0.4, -0.2) is 55.9 Å². The third kappa shape index (κ3) is 5.01. The zero-order valence-electron chi connectivity index (χ0n) is 20.9. The van der Waals surface area contributed by atoms with Gasteiger partial charge in [0.05, 0.1) is 16.6 Å². The Balaban J connectivity index is 1.35. The number of H-pyrrole nitrogens is 2. The second kappa shape index (κ2) is 9.72. The van der Waals surface area contributed by atoms with Gasteiger partial charge < -0.3 is 25.9 Å². The molecule has 10 heteroatoms. The molecule has 1 aliphatic rings. The first kappa shape index (κ1) is 25.1. The molecular weight excluding hydrogens is 492 g/mol. The molecule has 2 aromatic carbocycles. The standard InChI is InChI=1S/C27H31ClN6O3/c1-27(2,29)25(36)31-22(13-16-15-30-20-6-4-3-5-19(16)20)24(35)33-11-9-18(10-12-33)34-23-8-7-17(28)14-21(23)32-26(34)37/h3-8,14-15,18,22,30H,9-13,29H2,1-2H3,(H,31,36)(H,32,37). The summed E-state index contributed by atoms with van der Waals surface area (Å²) >= 11 is 6.08. The van der Waals surface area contributed by atoms with Crippen LogP contribution in [0.3, 0.4) is 0 Å². The van der Waals surface area contributed by atoms with Gasteiger partial charge in [-0.1, -0.05) is 29.8 Å². The van der Waals surface area contributed by atoms with E-state index in [0.29, 0.717) is 42.9 Å². The lowest BCUT2D eigenvalue weighted by Gasteiger charge is -2.35. The molecule has 0 bridgehead atoms. The SMILES string of the molecule is CC(C)(N)C(=O)NC(Cc1c[nH]c2ccccc12)C(=O)N1CCC(n2c(=O)[nH]c3cc(Cl)ccc32)CC1. The molecule has 9 nitrogen and oxygen atoms in total. The number of carbonyl (C=O) groups excluding carboxylic acids is 2.